The maximum absolute atomic E-state index is 10.6. The summed E-state index contributed by atoms with van der Waals surface area (Å²) in [6, 6.07) is 0. The predicted octanol–water partition coefficient (Wildman–Crippen LogP) is 0.516. The second-order valence-corrected chi connectivity index (χ2v) is 7.37. The van der Waals surface area contributed by atoms with E-state index in [9.17, 15) is 16.8 Å². The molecule has 0 heterocycles. The van der Waals surface area contributed by atoms with E-state index in [1.165, 1.54) is 0 Å². The second-order valence-electron chi connectivity index (χ2n) is 4.08. The molecular weight excluding hydrogens is 296 g/mol. The Labute approximate surface area is 115 Å². The Balaban J connectivity index is 3.20. The average Bonchev–Trinajstić information content (AvgIpc) is 2.22. The Morgan fingerprint density at radius 3 is 1.26 bits per heavy atom. The minimum atomic E-state index is -3.35. The molecule has 0 atom stereocenters. The molecule has 0 amide bonds. The maximum atomic E-state index is 10.6. The fourth-order valence-electron chi connectivity index (χ4n) is 1.14. The van der Waals surface area contributed by atoms with Gasteiger partial charge in [-0.05, 0) is 25.7 Å². The van der Waals surface area contributed by atoms with Crippen molar-refractivity contribution in [3.8, 4) is 0 Å². The summed E-state index contributed by atoms with van der Waals surface area (Å²) in [5.74, 6) is 0. The zero-order chi connectivity index (χ0) is 14.8. The summed E-state index contributed by atoms with van der Waals surface area (Å²) >= 11 is 0. The largest absolute Gasteiger partial charge is 0.381 e. The molecule has 0 spiro atoms. The quantitative estimate of drug-likeness (QED) is 0.382. The van der Waals surface area contributed by atoms with Crippen LogP contribution in [0.4, 0.5) is 0 Å². The SMILES string of the molecule is CS(=O)(=O)OCCCCOCCCCOS(C)(=O)=O. The van der Waals surface area contributed by atoms with Crippen molar-refractivity contribution < 1.29 is 29.9 Å². The zero-order valence-corrected chi connectivity index (χ0v) is 13.0. The van der Waals surface area contributed by atoms with Crippen LogP contribution >= 0.6 is 0 Å². The van der Waals surface area contributed by atoms with Crippen molar-refractivity contribution >= 4 is 20.2 Å². The monoisotopic (exact) mass is 318 g/mol. The van der Waals surface area contributed by atoms with Crippen LogP contribution in [0.1, 0.15) is 25.7 Å². The van der Waals surface area contributed by atoms with Crippen molar-refractivity contribution in [2.75, 3.05) is 38.9 Å². The van der Waals surface area contributed by atoms with Crippen molar-refractivity contribution in [2.45, 2.75) is 25.7 Å². The molecule has 7 nitrogen and oxygen atoms in total. The summed E-state index contributed by atoms with van der Waals surface area (Å²) in [6.07, 6.45) is 4.70. The number of unbranched alkanes of at least 4 members (excludes halogenated alkanes) is 2. The van der Waals surface area contributed by atoms with Crippen molar-refractivity contribution in [1.29, 1.82) is 0 Å². The summed E-state index contributed by atoms with van der Waals surface area (Å²) in [5.41, 5.74) is 0. The van der Waals surface area contributed by atoms with E-state index in [1.54, 1.807) is 0 Å². The van der Waals surface area contributed by atoms with Gasteiger partial charge in [0.25, 0.3) is 20.2 Å². The molecule has 0 fully saturated rings. The highest BCUT2D eigenvalue weighted by molar-refractivity contribution is 7.86. The summed E-state index contributed by atoms with van der Waals surface area (Å²) in [4.78, 5) is 0. The minimum Gasteiger partial charge on any atom is -0.381 e. The standard InChI is InChI=1S/C10H22O7S2/c1-18(11,12)16-9-5-3-7-15-8-4-6-10-17-19(2,13)14/h3-10H2,1-2H3. The van der Waals surface area contributed by atoms with Crippen LogP contribution in [0.2, 0.25) is 0 Å². The first kappa shape index (κ1) is 18.8. The first-order valence-electron chi connectivity index (χ1n) is 5.97. The van der Waals surface area contributed by atoms with E-state index in [0.717, 1.165) is 25.4 Å². The molecule has 19 heavy (non-hydrogen) atoms. The Bertz CT molecular complexity index is 373. The molecule has 0 aliphatic carbocycles. The number of hydrogen-bond acceptors (Lipinski definition) is 7. The Hall–Kier alpha value is -0.220. The van der Waals surface area contributed by atoms with Crippen molar-refractivity contribution in [2.24, 2.45) is 0 Å². The van der Waals surface area contributed by atoms with Gasteiger partial charge in [-0.2, -0.15) is 16.8 Å². The molecule has 0 saturated heterocycles. The predicted molar refractivity (Wildman–Crippen MR) is 70.9 cm³/mol. The Morgan fingerprint density at radius 2 is 0.947 bits per heavy atom. The summed E-state index contributed by atoms with van der Waals surface area (Å²) < 4.78 is 56.9. The van der Waals surface area contributed by atoms with E-state index in [0.29, 0.717) is 26.1 Å². The molecule has 0 saturated carbocycles. The molecule has 0 bridgehead atoms. The third kappa shape index (κ3) is 17.8. The molecule has 0 N–H and O–H groups in total. The van der Waals surface area contributed by atoms with E-state index in [4.69, 9.17) is 4.74 Å². The number of ether oxygens (including phenoxy) is 1. The lowest BCUT2D eigenvalue weighted by atomic mass is 10.3. The van der Waals surface area contributed by atoms with Crippen molar-refractivity contribution in [1.82, 2.24) is 0 Å². The second kappa shape index (κ2) is 9.65. The molecule has 0 aromatic carbocycles. The van der Waals surface area contributed by atoms with E-state index in [1.807, 2.05) is 0 Å². The molecule has 0 radical (unpaired) electrons. The molecule has 0 unspecified atom stereocenters. The van der Waals surface area contributed by atoms with Gasteiger partial charge in [0.15, 0.2) is 0 Å². The van der Waals surface area contributed by atoms with Gasteiger partial charge in [-0.1, -0.05) is 0 Å². The Morgan fingerprint density at radius 1 is 0.632 bits per heavy atom. The van der Waals surface area contributed by atoms with Gasteiger partial charge in [-0.3, -0.25) is 8.37 Å². The van der Waals surface area contributed by atoms with Crippen LogP contribution in [0, 0.1) is 0 Å². The lowest BCUT2D eigenvalue weighted by Crippen LogP contribution is -2.06. The van der Waals surface area contributed by atoms with Gasteiger partial charge in [-0.15, -0.1) is 0 Å². The third-order valence-corrected chi connectivity index (χ3v) is 3.15. The first-order valence-corrected chi connectivity index (χ1v) is 9.60. The van der Waals surface area contributed by atoms with Gasteiger partial charge in [0.1, 0.15) is 0 Å². The van der Waals surface area contributed by atoms with Crippen molar-refractivity contribution in [3.63, 3.8) is 0 Å². The van der Waals surface area contributed by atoms with E-state index < -0.39 is 20.2 Å². The molecule has 0 aliphatic heterocycles. The third-order valence-electron chi connectivity index (χ3n) is 1.96. The maximum Gasteiger partial charge on any atom is 0.264 e. The molecule has 0 aromatic rings. The number of rotatable bonds is 12. The van der Waals surface area contributed by atoms with Crippen LogP contribution in [0.25, 0.3) is 0 Å². The fraction of sp³-hybridized carbons (Fsp3) is 1.00. The van der Waals surface area contributed by atoms with Gasteiger partial charge >= 0.3 is 0 Å². The summed E-state index contributed by atoms with van der Waals surface area (Å²) in [6.45, 7) is 1.40. The summed E-state index contributed by atoms with van der Waals surface area (Å²) in [7, 11) is -6.70. The van der Waals surface area contributed by atoms with Gasteiger partial charge in [0.05, 0.1) is 25.7 Å². The van der Waals surface area contributed by atoms with Crippen LogP contribution in [-0.2, 0) is 33.3 Å². The number of hydrogen-bond donors (Lipinski definition) is 0. The van der Waals surface area contributed by atoms with Gasteiger partial charge in [0, 0.05) is 13.2 Å². The van der Waals surface area contributed by atoms with Crippen LogP contribution < -0.4 is 0 Å². The van der Waals surface area contributed by atoms with Crippen LogP contribution in [-0.4, -0.2) is 55.8 Å². The molecule has 9 heteroatoms. The van der Waals surface area contributed by atoms with Crippen LogP contribution in [0.5, 0.6) is 0 Å². The molecular formula is C10H22O7S2. The van der Waals surface area contributed by atoms with E-state index in [2.05, 4.69) is 8.37 Å². The highest BCUT2D eigenvalue weighted by atomic mass is 32.2. The normalized spacial score (nSPS) is 12.7. The molecule has 116 valence electrons. The highest BCUT2D eigenvalue weighted by Crippen LogP contribution is 1.98. The van der Waals surface area contributed by atoms with Gasteiger partial charge < -0.3 is 4.74 Å². The first-order chi connectivity index (χ1) is 8.71. The fourth-order valence-corrected chi connectivity index (χ4v) is 1.98. The topological polar surface area (TPSA) is 96.0 Å². The molecule has 0 aromatic heterocycles. The van der Waals surface area contributed by atoms with Crippen LogP contribution in [0.15, 0.2) is 0 Å². The van der Waals surface area contributed by atoms with Gasteiger partial charge in [0.2, 0.25) is 0 Å². The highest BCUT2D eigenvalue weighted by Gasteiger charge is 2.01. The lowest BCUT2D eigenvalue weighted by Gasteiger charge is -2.04. The summed E-state index contributed by atoms with van der Waals surface area (Å²) in [5, 5.41) is 0. The average molecular weight is 318 g/mol. The van der Waals surface area contributed by atoms with Gasteiger partial charge in [-0.25, -0.2) is 0 Å². The van der Waals surface area contributed by atoms with E-state index in [-0.39, 0.29) is 13.2 Å². The zero-order valence-electron chi connectivity index (χ0n) is 11.3. The lowest BCUT2D eigenvalue weighted by molar-refractivity contribution is 0.120. The molecule has 0 rings (SSSR count). The molecule has 0 aliphatic rings. The smallest absolute Gasteiger partial charge is 0.264 e. The van der Waals surface area contributed by atoms with E-state index >= 15 is 0 Å². The van der Waals surface area contributed by atoms with Crippen molar-refractivity contribution in [3.05, 3.63) is 0 Å². The van der Waals surface area contributed by atoms with Crippen LogP contribution in [0.3, 0.4) is 0 Å². The Kier molecular flexibility index (Phi) is 9.54. The minimum absolute atomic E-state index is 0.171.